The summed E-state index contributed by atoms with van der Waals surface area (Å²) in [5, 5.41) is 11.9. The van der Waals surface area contributed by atoms with Gasteiger partial charge in [-0.2, -0.15) is 0 Å². The van der Waals surface area contributed by atoms with Crippen LogP contribution in [0.5, 0.6) is 0 Å². The summed E-state index contributed by atoms with van der Waals surface area (Å²) in [7, 11) is 0. The van der Waals surface area contributed by atoms with Crippen LogP contribution in [0.4, 0.5) is 0 Å². The molecule has 0 radical (unpaired) electrons. The smallest absolute Gasteiger partial charge is 0.332 e. The lowest BCUT2D eigenvalue weighted by Crippen LogP contribution is -2.48. The van der Waals surface area contributed by atoms with Crippen molar-refractivity contribution in [2.75, 3.05) is 6.61 Å². The Morgan fingerprint density at radius 1 is 1.57 bits per heavy atom. The number of rotatable bonds is 9. The maximum Gasteiger partial charge on any atom is 0.332 e. The summed E-state index contributed by atoms with van der Waals surface area (Å²) < 4.78 is 4.99. The number of nitrogens with one attached hydrogen (secondary N) is 1. The molecule has 0 heterocycles. The first-order valence-electron chi connectivity index (χ1n) is 6.83. The quantitative estimate of drug-likeness (QED) is 0.289. The molecule has 0 aromatic heterocycles. The highest BCUT2D eigenvalue weighted by molar-refractivity contribution is 5.93. The van der Waals surface area contributed by atoms with Gasteiger partial charge in [-0.05, 0) is 13.3 Å². The average molecular weight is 295 g/mol. The molecule has 0 spiro atoms. The fourth-order valence-corrected chi connectivity index (χ4v) is 2.27. The molecule has 1 saturated carbocycles. The van der Waals surface area contributed by atoms with E-state index in [4.69, 9.17) is 4.74 Å². The Balaban J connectivity index is 2.81. The molecule has 1 rings (SSSR count). The molecule has 21 heavy (non-hydrogen) atoms. The SMILES string of the molecule is C=C[C@@H]1C[C@]1(NC(=O)C(CC=O)CC(=C)O)C(=O)OCC. The lowest BCUT2D eigenvalue weighted by Gasteiger charge is -2.21. The van der Waals surface area contributed by atoms with Crippen molar-refractivity contribution in [1.82, 2.24) is 5.32 Å². The maximum atomic E-state index is 12.2. The molecule has 0 saturated heterocycles. The fourth-order valence-electron chi connectivity index (χ4n) is 2.27. The highest BCUT2D eigenvalue weighted by atomic mass is 16.5. The van der Waals surface area contributed by atoms with Crippen LogP contribution in [-0.2, 0) is 19.1 Å². The zero-order chi connectivity index (χ0) is 16.0. The first-order valence-corrected chi connectivity index (χ1v) is 6.83. The van der Waals surface area contributed by atoms with Gasteiger partial charge in [0, 0.05) is 18.8 Å². The Hall–Kier alpha value is -2.11. The van der Waals surface area contributed by atoms with Crippen molar-refractivity contribution in [2.24, 2.45) is 11.8 Å². The number of carbonyl (C=O) groups excluding carboxylic acids is 3. The molecule has 2 N–H and O–H groups in total. The number of aliphatic hydroxyl groups excluding tert-OH is 1. The second kappa shape index (κ2) is 7.06. The summed E-state index contributed by atoms with van der Waals surface area (Å²) in [6.07, 6.45) is 2.54. The summed E-state index contributed by atoms with van der Waals surface area (Å²) >= 11 is 0. The van der Waals surface area contributed by atoms with E-state index in [0.717, 1.165) is 0 Å². The van der Waals surface area contributed by atoms with Gasteiger partial charge in [-0.25, -0.2) is 4.79 Å². The summed E-state index contributed by atoms with van der Waals surface area (Å²) in [4.78, 5) is 34.9. The van der Waals surface area contributed by atoms with Crippen LogP contribution in [0.1, 0.15) is 26.2 Å². The summed E-state index contributed by atoms with van der Waals surface area (Å²) in [6.45, 7) is 8.85. The molecule has 3 atom stereocenters. The lowest BCUT2D eigenvalue weighted by atomic mass is 9.99. The minimum Gasteiger partial charge on any atom is -0.513 e. The summed E-state index contributed by atoms with van der Waals surface area (Å²) in [6, 6.07) is 0. The van der Waals surface area contributed by atoms with Gasteiger partial charge >= 0.3 is 5.97 Å². The predicted octanol–water partition coefficient (Wildman–Crippen LogP) is 1.28. The highest BCUT2D eigenvalue weighted by Crippen LogP contribution is 2.45. The van der Waals surface area contributed by atoms with Crippen molar-refractivity contribution in [3.8, 4) is 0 Å². The van der Waals surface area contributed by atoms with Gasteiger partial charge in [0.1, 0.15) is 11.8 Å². The monoisotopic (exact) mass is 295 g/mol. The predicted molar refractivity (Wildman–Crippen MR) is 76.4 cm³/mol. The van der Waals surface area contributed by atoms with Crippen LogP contribution >= 0.6 is 0 Å². The van der Waals surface area contributed by atoms with Crippen LogP contribution in [0.15, 0.2) is 25.0 Å². The van der Waals surface area contributed by atoms with Gasteiger partial charge in [-0.1, -0.05) is 12.7 Å². The standard InChI is InChI=1S/C15H21NO5/c1-4-12-9-15(12,14(20)21-5-2)16-13(19)11(6-7-17)8-10(3)18/h4,7,11-12,18H,1,3,5-6,8-9H2,2H3,(H,16,19)/t11?,12-,15-/m1/s1. The number of carbonyl (C=O) groups is 3. The van der Waals surface area contributed by atoms with Crippen molar-refractivity contribution >= 4 is 18.2 Å². The van der Waals surface area contributed by atoms with Crippen LogP contribution < -0.4 is 5.32 Å². The Kier molecular flexibility index (Phi) is 5.69. The molecule has 1 aliphatic rings. The third-order valence-corrected chi connectivity index (χ3v) is 3.52. The Morgan fingerprint density at radius 2 is 2.24 bits per heavy atom. The van der Waals surface area contributed by atoms with Crippen LogP contribution in [0, 0.1) is 11.8 Å². The molecule has 1 unspecified atom stereocenters. The van der Waals surface area contributed by atoms with Gasteiger partial charge in [0.25, 0.3) is 0 Å². The number of aldehydes is 1. The highest BCUT2D eigenvalue weighted by Gasteiger charge is 2.61. The van der Waals surface area contributed by atoms with Crippen molar-refractivity contribution in [2.45, 2.75) is 31.7 Å². The Bertz CT molecular complexity index is 459. The molecule has 0 bridgehead atoms. The summed E-state index contributed by atoms with van der Waals surface area (Å²) in [5.74, 6) is -2.10. The number of amides is 1. The van der Waals surface area contributed by atoms with Gasteiger partial charge < -0.3 is 20.0 Å². The molecule has 6 heteroatoms. The normalized spacial score (nSPS) is 24.5. The number of aliphatic hydroxyl groups is 1. The van der Waals surface area contributed by atoms with E-state index in [9.17, 15) is 19.5 Å². The molecular formula is C15H21NO5. The van der Waals surface area contributed by atoms with E-state index in [1.807, 2.05) is 0 Å². The van der Waals surface area contributed by atoms with Crippen LogP contribution in [0.3, 0.4) is 0 Å². The van der Waals surface area contributed by atoms with Gasteiger partial charge in [0.15, 0.2) is 0 Å². The average Bonchev–Trinajstić information content (AvgIpc) is 3.12. The molecule has 0 aromatic carbocycles. The molecular weight excluding hydrogens is 274 g/mol. The van der Waals surface area contributed by atoms with Crippen molar-refractivity contribution in [3.63, 3.8) is 0 Å². The Morgan fingerprint density at radius 3 is 2.67 bits per heavy atom. The van der Waals surface area contributed by atoms with E-state index >= 15 is 0 Å². The number of esters is 1. The van der Waals surface area contributed by atoms with E-state index in [-0.39, 0.29) is 31.1 Å². The topological polar surface area (TPSA) is 92.7 Å². The minimum absolute atomic E-state index is 0.0256. The van der Waals surface area contributed by atoms with Crippen LogP contribution in [0.2, 0.25) is 0 Å². The van der Waals surface area contributed by atoms with E-state index in [1.54, 1.807) is 13.0 Å². The van der Waals surface area contributed by atoms with E-state index in [1.165, 1.54) is 0 Å². The van der Waals surface area contributed by atoms with Gasteiger partial charge in [-0.15, -0.1) is 6.58 Å². The van der Waals surface area contributed by atoms with Crippen LogP contribution in [-0.4, -0.2) is 35.4 Å². The van der Waals surface area contributed by atoms with Crippen molar-refractivity contribution in [3.05, 3.63) is 25.0 Å². The van der Waals surface area contributed by atoms with E-state index in [0.29, 0.717) is 12.7 Å². The molecule has 0 aliphatic heterocycles. The minimum atomic E-state index is -1.09. The van der Waals surface area contributed by atoms with Crippen molar-refractivity contribution in [1.29, 1.82) is 0 Å². The number of hydrogen-bond acceptors (Lipinski definition) is 5. The molecule has 1 amide bonds. The third-order valence-electron chi connectivity index (χ3n) is 3.52. The van der Waals surface area contributed by atoms with Crippen molar-refractivity contribution < 1.29 is 24.2 Å². The number of ether oxygens (including phenoxy) is 1. The third kappa shape index (κ3) is 3.93. The second-order valence-electron chi connectivity index (χ2n) is 5.10. The first-order chi connectivity index (χ1) is 9.91. The number of hydrogen-bond donors (Lipinski definition) is 2. The Labute approximate surface area is 123 Å². The van der Waals surface area contributed by atoms with Crippen LogP contribution in [0.25, 0.3) is 0 Å². The molecule has 6 nitrogen and oxygen atoms in total. The lowest BCUT2D eigenvalue weighted by molar-refractivity contribution is -0.149. The van der Waals surface area contributed by atoms with E-state index in [2.05, 4.69) is 18.5 Å². The van der Waals surface area contributed by atoms with E-state index < -0.39 is 23.3 Å². The molecule has 1 aliphatic carbocycles. The second-order valence-corrected chi connectivity index (χ2v) is 5.10. The first kappa shape index (κ1) is 16.9. The zero-order valence-corrected chi connectivity index (χ0v) is 12.1. The van der Waals surface area contributed by atoms with Gasteiger partial charge in [0.05, 0.1) is 18.3 Å². The van der Waals surface area contributed by atoms with Gasteiger partial charge in [0.2, 0.25) is 5.91 Å². The van der Waals surface area contributed by atoms with Gasteiger partial charge in [-0.3, -0.25) is 4.79 Å². The zero-order valence-electron chi connectivity index (χ0n) is 12.1. The maximum absolute atomic E-state index is 12.2. The molecule has 0 aromatic rings. The number of allylic oxidation sites excluding steroid dienone is 1. The summed E-state index contributed by atoms with van der Waals surface area (Å²) in [5.41, 5.74) is -1.09. The molecule has 1 fully saturated rings. The largest absolute Gasteiger partial charge is 0.513 e. The fraction of sp³-hybridized carbons (Fsp3) is 0.533. The molecule has 116 valence electrons.